The summed E-state index contributed by atoms with van der Waals surface area (Å²) in [6, 6.07) is 0. The van der Waals surface area contributed by atoms with Gasteiger partial charge in [0, 0.05) is 0 Å². The third kappa shape index (κ3) is 14.6. The SMILES string of the molecule is C=C(CC/C=C(\C)CCC=C(C)C)CCC1C=C(CC/C=C(\C)CCC=C(C)C)CC(C(C)C)C1C(C)C. The van der Waals surface area contributed by atoms with E-state index in [4.69, 9.17) is 0 Å². The fourth-order valence-electron chi connectivity index (χ4n) is 6.27. The first-order valence-corrected chi connectivity index (χ1v) is 15.8. The molecule has 3 atom stereocenters. The molecular formula is C38H64. The molecule has 38 heavy (non-hydrogen) atoms. The van der Waals surface area contributed by atoms with Gasteiger partial charge in [0.1, 0.15) is 0 Å². The molecule has 0 radical (unpaired) electrons. The number of hydrogen-bond donors (Lipinski definition) is 0. The lowest BCUT2D eigenvalue weighted by atomic mass is 9.63. The summed E-state index contributed by atoms with van der Waals surface area (Å²) in [5.41, 5.74) is 9.09. The van der Waals surface area contributed by atoms with E-state index in [1.807, 2.05) is 0 Å². The van der Waals surface area contributed by atoms with Gasteiger partial charge in [-0.25, -0.2) is 0 Å². The van der Waals surface area contributed by atoms with E-state index in [1.54, 1.807) is 11.1 Å². The zero-order valence-electron chi connectivity index (χ0n) is 27.3. The molecule has 1 rings (SSSR count). The van der Waals surface area contributed by atoms with Crippen LogP contribution in [0.2, 0.25) is 0 Å². The van der Waals surface area contributed by atoms with Gasteiger partial charge >= 0.3 is 0 Å². The highest BCUT2D eigenvalue weighted by atomic mass is 14.4. The molecule has 0 aromatic heterocycles. The molecule has 1 aliphatic carbocycles. The van der Waals surface area contributed by atoms with Crippen molar-refractivity contribution in [1.82, 2.24) is 0 Å². The van der Waals surface area contributed by atoms with Crippen molar-refractivity contribution in [3.63, 3.8) is 0 Å². The zero-order valence-corrected chi connectivity index (χ0v) is 27.3. The third-order valence-corrected chi connectivity index (χ3v) is 8.53. The summed E-state index contributed by atoms with van der Waals surface area (Å²) in [5, 5.41) is 0. The van der Waals surface area contributed by atoms with E-state index in [2.05, 4.69) is 106 Å². The maximum atomic E-state index is 4.50. The van der Waals surface area contributed by atoms with Crippen molar-refractivity contribution in [1.29, 1.82) is 0 Å². The van der Waals surface area contributed by atoms with Crippen LogP contribution in [0.25, 0.3) is 0 Å². The molecule has 0 heterocycles. The minimum atomic E-state index is 0.701. The van der Waals surface area contributed by atoms with Crippen molar-refractivity contribution in [3.8, 4) is 0 Å². The van der Waals surface area contributed by atoms with E-state index in [-0.39, 0.29) is 0 Å². The van der Waals surface area contributed by atoms with Crippen LogP contribution in [0, 0.1) is 29.6 Å². The molecule has 0 spiro atoms. The van der Waals surface area contributed by atoms with Crippen LogP contribution in [-0.2, 0) is 0 Å². The Balaban J connectivity index is 2.75. The molecule has 3 unspecified atom stereocenters. The van der Waals surface area contributed by atoms with Gasteiger partial charge in [0.05, 0.1) is 0 Å². The quantitative estimate of drug-likeness (QED) is 0.167. The van der Waals surface area contributed by atoms with E-state index >= 15 is 0 Å². The summed E-state index contributed by atoms with van der Waals surface area (Å²) in [6.45, 7) is 27.7. The molecule has 0 heteroatoms. The molecule has 0 N–H and O–H groups in total. The predicted molar refractivity (Wildman–Crippen MR) is 175 cm³/mol. The fraction of sp³-hybridized carbons (Fsp3) is 0.684. The van der Waals surface area contributed by atoms with E-state index in [0.717, 1.165) is 36.5 Å². The van der Waals surface area contributed by atoms with Crippen LogP contribution in [0.4, 0.5) is 0 Å². The first kappa shape index (κ1) is 34.5. The molecule has 1 aliphatic rings. The largest absolute Gasteiger partial charge is 0.0999 e. The second-order valence-electron chi connectivity index (χ2n) is 13.5. The van der Waals surface area contributed by atoms with Gasteiger partial charge < -0.3 is 0 Å². The molecule has 0 aromatic rings. The number of rotatable bonds is 17. The molecule has 216 valence electrons. The van der Waals surface area contributed by atoms with Gasteiger partial charge in [0.25, 0.3) is 0 Å². The standard InChI is InChI=1S/C38H64/c1-28(2)16-12-18-32(9)20-14-21-34(11)24-25-36-26-35(27-37(30(5)6)38(36)31(7)8)23-15-22-33(10)19-13-17-29(3)4/h16-17,20,22,26,30-31,36-38H,11-15,18-19,21,23-25,27H2,1-10H3/b32-20+,33-22+. The summed E-state index contributed by atoms with van der Waals surface area (Å²) in [5.74, 6) is 3.79. The molecule has 0 saturated heterocycles. The Kier molecular flexibility index (Phi) is 16.9. The highest BCUT2D eigenvalue weighted by molar-refractivity contribution is 5.15. The Morgan fingerprint density at radius 1 is 0.737 bits per heavy atom. The van der Waals surface area contributed by atoms with Gasteiger partial charge in [0.15, 0.2) is 0 Å². The molecule has 0 saturated carbocycles. The van der Waals surface area contributed by atoms with Crippen molar-refractivity contribution in [3.05, 3.63) is 70.4 Å². The highest BCUT2D eigenvalue weighted by Crippen LogP contribution is 2.45. The number of allylic oxidation sites excluding steroid dienone is 11. The first-order chi connectivity index (χ1) is 17.9. The topological polar surface area (TPSA) is 0 Å². The molecular weight excluding hydrogens is 456 g/mol. The van der Waals surface area contributed by atoms with E-state index in [0.29, 0.717) is 5.92 Å². The van der Waals surface area contributed by atoms with Crippen molar-refractivity contribution in [2.45, 2.75) is 140 Å². The second-order valence-corrected chi connectivity index (χ2v) is 13.5. The van der Waals surface area contributed by atoms with Crippen molar-refractivity contribution >= 4 is 0 Å². The van der Waals surface area contributed by atoms with E-state index in [1.165, 1.54) is 80.1 Å². The highest BCUT2D eigenvalue weighted by Gasteiger charge is 2.36. The Morgan fingerprint density at radius 3 is 1.76 bits per heavy atom. The van der Waals surface area contributed by atoms with Crippen LogP contribution in [0.3, 0.4) is 0 Å². The second kappa shape index (κ2) is 18.7. The van der Waals surface area contributed by atoms with E-state index in [9.17, 15) is 0 Å². The number of hydrogen-bond acceptors (Lipinski definition) is 0. The van der Waals surface area contributed by atoms with Crippen LogP contribution >= 0.6 is 0 Å². The molecule has 0 aliphatic heterocycles. The summed E-state index contributed by atoms with van der Waals surface area (Å²) in [4.78, 5) is 0. The van der Waals surface area contributed by atoms with Crippen molar-refractivity contribution in [2.75, 3.05) is 0 Å². The lowest BCUT2D eigenvalue weighted by Crippen LogP contribution is -2.34. The molecule has 0 aromatic carbocycles. The van der Waals surface area contributed by atoms with E-state index < -0.39 is 0 Å². The average molecular weight is 521 g/mol. The first-order valence-electron chi connectivity index (χ1n) is 15.8. The predicted octanol–water partition coefficient (Wildman–Crippen LogP) is 12.8. The van der Waals surface area contributed by atoms with Crippen molar-refractivity contribution < 1.29 is 0 Å². The molecule has 0 fully saturated rings. The fourth-order valence-corrected chi connectivity index (χ4v) is 6.27. The molecule has 0 nitrogen and oxygen atoms in total. The van der Waals surface area contributed by atoms with Gasteiger partial charge in [-0.3, -0.25) is 0 Å². The Labute approximate surface area is 239 Å². The van der Waals surface area contributed by atoms with Crippen molar-refractivity contribution in [2.24, 2.45) is 29.6 Å². The van der Waals surface area contributed by atoms with Gasteiger partial charge in [-0.1, -0.05) is 98.1 Å². The maximum Gasteiger partial charge on any atom is -0.0194 e. The minimum Gasteiger partial charge on any atom is -0.0999 e. The molecule has 0 bridgehead atoms. The normalized spacial score (nSPS) is 20.5. The Bertz CT molecular complexity index is 842. The lowest BCUT2D eigenvalue weighted by Gasteiger charge is -2.42. The van der Waals surface area contributed by atoms with Gasteiger partial charge in [-0.2, -0.15) is 0 Å². The third-order valence-electron chi connectivity index (χ3n) is 8.53. The lowest BCUT2D eigenvalue weighted by molar-refractivity contribution is 0.128. The van der Waals surface area contributed by atoms with Crippen LogP contribution < -0.4 is 0 Å². The summed E-state index contributed by atoms with van der Waals surface area (Å²) >= 11 is 0. The smallest absolute Gasteiger partial charge is 0.0194 e. The van der Waals surface area contributed by atoms with Crippen LogP contribution in [-0.4, -0.2) is 0 Å². The van der Waals surface area contributed by atoms with Gasteiger partial charge in [-0.15, -0.1) is 0 Å². The van der Waals surface area contributed by atoms with Crippen LogP contribution in [0.1, 0.15) is 140 Å². The van der Waals surface area contributed by atoms with Crippen LogP contribution in [0.15, 0.2) is 70.4 Å². The molecule has 0 amide bonds. The maximum absolute atomic E-state index is 4.50. The Morgan fingerprint density at radius 2 is 1.26 bits per heavy atom. The zero-order chi connectivity index (χ0) is 28.7. The Hall–Kier alpha value is -1.56. The summed E-state index contributed by atoms with van der Waals surface area (Å²) < 4.78 is 0. The van der Waals surface area contributed by atoms with Crippen LogP contribution in [0.5, 0.6) is 0 Å². The van der Waals surface area contributed by atoms with Gasteiger partial charge in [-0.05, 0) is 142 Å². The summed E-state index contributed by atoms with van der Waals surface area (Å²) in [7, 11) is 0. The monoisotopic (exact) mass is 521 g/mol. The van der Waals surface area contributed by atoms with Gasteiger partial charge in [0.2, 0.25) is 0 Å². The average Bonchev–Trinajstić information content (AvgIpc) is 2.81. The summed E-state index contributed by atoms with van der Waals surface area (Å²) in [6.07, 6.45) is 25.6. The minimum absolute atomic E-state index is 0.701.